The standard InChI is InChI=1S/C17H16ClN3O3S2/c18-14-5-2-1-4-13(14)16-19-17(24-20-16)12-7-9-21(10-8-12)26(22,23)15-6-3-11-25-15/h1-6,11-12H,7-10H2. The summed E-state index contributed by atoms with van der Waals surface area (Å²) in [5.74, 6) is 1.04. The number of piperidine rings is 1. The van der Waals surface area contributed by atoms with Crippen molar-refractivity contribution in [3.63, 3.8) is 0 Å². The maximum Gasteiger partial charge on any atom is 0.252 e. The Bertz CT molecular complexity index is 994. The van der Waals surface area contributed by atoms with Crippen molar-refractivity contribution in [3.8, 4) is 11.4 Å². The maximum absolute atomic E-state index is 12.6. The van der Waals surface area contributed by atoms with Gasteiger partial charge in [-0.2, -0.15) is 9.29 Å². The minimum absolute atomic E-state index is 0.0496. The first-order valence-corrected chi connectivity index (χ1v) is 10.9. The molecule has 26 heavy (non-hydrogen) atoms. The van der Waals surface area contributed by atoms with Crippen LogP contribution < -0.4 is 0 Å². The zero-order valence-corrected chi connectivity index (χ0v) is 16.1. The molecule has 1 saturated heterocycles. The van der Waals surface area contributed by atoms with Gasteiger partial charge >= 0.3 is 0 Å². The van der Waals surface area contributed by atoms with Crippen LogP contribution in [0.15, 0.2) is 50.5 Å². The van der Waals surface area contributed by atoms with Crippen LogP contribution >= 0.6 is 22.9 Å². The van der Waals surface area contributed by atoms with Crippen molar-refractivity contribution < 1.29 is 12.9 Å². The predicted octanol–water partition coefficient (Wildman–Crippen LogP) is 4.02. The van der Waals surface area contributed by atoms with E-state index in [1.54, 1.807) is 23.6 Å². The van der Waals surface area contributed by atoms with E-state index in [0.717, 1.165) is 5.56 Å². The fraction of sp³-hybridized carbons (Fsp3) is 0.294. The van der Waals surface area contributed by atoms with Crippen LogP contribution in [0.5, 0.6) is 0 Å². The highest BCUT2D eigenvalue weighted by Crippen LogP contribution is 2.33. The van der Waals surface area contributed by atoms with Gasteiger partial charge in [0.25, 0.3) is 10.0 Å². The molecule has 0 saturated carbocycles. The molecule has 1 aromatic carbocycles. The van der Waals surface area contributed by atoms with Crippen LogP contribution in [-0.4, -0.2) is 36.0 Å². The van der Waals surface area contributed by atoms with E-state index in [-0.39, 0.29) is 5.92 Å². The molecule has 3 aromatic rings. The quantitative estimate of drug-likeness (QED) is 0.650. The van der Waals surface area contributed by atoms with E-state index in [1.807, 2.05) is 18.2 Å². The third-order valence-electron chi connectivity index (χ3n) is 4.45. The molecule has 1 aliphatic rings. The number of hydrogen-bond acceptors (Lipinski definition) is 6. The van der Waals surface area contributed by atoms with Gasteiger partial charge < -0.3 is 4.52 Å². The van der Waals surface area contributed by atoms with Gasteiger partial charge in [-0.25, -0.2) is 8.42 Å². The lowest BCUT2D eigenvalue weighted by atomic mass is 9.98. The lowest BCUT2D eigenvalue weighted by Gasteiger charge is -2.29. The SMILES string of the molecule is O=S(=O)(c1cccs1)N1CCC(c2nc(-c3ccccc3Cl)no2)CC1. The van der Waals surface area contributed by atoms with Crippen molar-refractivity contribution in [3.05, 3.63) is 52.7 Å². The average molecular weight is 410 g/mol. The summed E-state index contributed by atoms with van der Waals surface area (Å²) in [6.45, 7) is 0.878. The van der Waals surface area contributed by atoms with Gasteiger partial charge in [0.15, 0.2) is 0 Å². The molecule has 0 amide bonds. The molecule has 0 aliphatic carbocycles. The van der Waals surface area contributed by atoms with Gasteiger partial charge in [-0.3, -0.25) is 0 Å². The predicted molar refractivity (Wildman–Crippen MR) is 99.8 cm³/mol. The van der Waals surface area contributed by atoms with Crippen molar-refractivity contribution in [1.29, 1.82) is 0 Å². The molecule has 0 unspecified atom stereocenters. The summed E-state index contributed by atoms with van der Waals surface area (Å²) in [6, 6.07) is 10.7. The molecule has 3 heterocycles. The Kier molecular flexibility index (Phi) is 4.83. The minimum Gasteiger partial charge on any atom is -0.339 e. The van der Waals surface area contributed by atoms with Crippen molar-refractivity contribution in [2.75, 3.05) is 13.1 Å². The molecule has 0 bridgehead atoms. The van der Waals surface area contributed by atoms with Gasteiger partial charge in [0.1, 0.15) is 4.21 Å². The average Bonchev–Trinajstić information content (AvgIpc) is 3.35. The van der Waals surface area contributed by atoms with E-state index in [0.29, 0.717) is 46.9 Å². The summed E-state index contributed by atoms with van der Waals surface area (Å²) < 4.78 is 32.5. The molecule has 1 aliphatic heterocycles. The van der Waals surface area contributed by atoms with Crippen LogP contribution in [0.2, 0.25) is 5.02 Å². The number of hydrogen-bond donors (Lipinski definition) is 0. The second-order valence-electron chi connectivity index (χ2n) is 6.05. The first kappa shape index (κ1) is 17.7. The summed E-state index contributed by atoms with van der Waals surface area (Å²) >= 11 is 7.42. The van der Waals surface area contributed by atoms with Crippen molar-refractivity contribution in [2.45, 2.75) is 23.0 Å². The first-order valence-electron chi connectivity index (χ1n) is 8.18. The maximum atomic E-state index is 12.6. The van der Waals surface area contributed by atoms with Crippen LogP contribution in [0, 0.1) is 0 Å². The Balaban J connectivity index is 1.47. The van der Waals surface area contributed by atoms with Crippen molar-refractivity contribution in [2.24, 2.45) is 0 Å². The van der Waals surface area contributed by atoms with Gasteiger partial charge in [0, 0.05) is 24.6 Å². The third-order valence-corrected chi connectivity index (χ3v) is 8.05. The Morgan fingerprint density at radius 1 is 1.15 bits per heavy atom. The summed E-state index contributed by atoms with van der Waals surface area (Å²) in [5.41, 5.74) is 0.724. The van der Waals surface area contributed by atoms with Gasteiger partial charge in [-0.1, -0.05) is 35.0 Å². The summed E-state index contributed by atoms with van der Waals surface area (Å²) in [7, 11) is -3.40. The Morgan fingerprint density at radius 3 is 2.62 bits per heavy atom. The molecule has 6 nitrogen and oxygen atoms in total. The van der Waals surface area contributed by atoms with E-state index in [9.17, 15) is 8.42 Å². The minimum atomic E-state index is -3.40. The number of sulfonamides is 1. The van der Waals surface area contributed by atoms with E-state index < -0.39 is 10.0 Å². The summed E-state index contributed by atoms with van der Waals surface area (Å²) in [6.07, 6.45) is 1.30. The van der Waals surface area contributed by atoms with E-state index in [1.165, 1.54) is 15.6 Å². The van der Waals surface area contributed by atoms with Crippen LogP contribution in [0.4, 0.5) is 0 Å². The van der Waals surface area contributed by atoms with Crippen LogP contribution in [-0.2, 0) is 10.0 Å². The highest BCUT2D eigenvalue weighted by molar-refractivity contribution is 7.91. The molecular weight excluding hydrogens is 394 g/mol. The van der Waals surface area contributed by atoms with Gasteiger partial charge in [-0.05, 0) is 36.4 Å². The molecule has 9 heteroatoms. The number of thiophene rings is 1. The summed E-state index contributed by atoms with van der Waals surface area (Å²) in [4.78, 5) is 4.47. The van der Waals surface area contributed by atoms with Crippen LogP contribution in [0.3, 0.4) is 0 Å². The lowest BCUT2D eigenvalue weighted by Crippen LogP contribution is -2.37. The largest absolute Gasteiger partial charge is 0.339 e. The molecule has 4 rings (SSSR count). The lowest BCUT2D eigenvalue weighted by molar-refractivity contribution is 0.271. The van der Waals surface area contributed by atoms with E-state index >= 15 is 0 Å². The summed E-state index contributed by atoms with van der Waals surface area (Å²) in [5, 5.41) is 6.37. The number of halogens is 1. The van der Waals surface area contributed by atoms with Crippen molar-refractivity contribution >= 4 is 33.0 Å². The molecule has 0 radical (unpaired) electrons. The van der Waals surface area contributed by atoms with E-state index in [4.69, 9.17) is 16.1 Å². The fourth-order valence-corrected chi connectivity index (χ4v) is 5.87. The second kappa shape index (κ2) is 7.11. The highest BCUT2D eigenvalue weighted by atomic mass is 35.5. The molecule has 2 aromatic heterocycles. The fourth-order valence-electron chi connectivity index (χ4n) is 3.03. The van der Waals surface area contributed by atoms with Gasteiger partial charge in [-0.15, -0.1) is 11.3 Å². The smallest absolute Gasteiger partial charge is 0.252 e. The molecule has 136 valence electrons. The normalized spacial score (nSPS) is 16.8. The number of rotatable bonds is 4. The second-order valence-corrected chi connectivity index (χ2v) is 9.57. The van der Waals surface area contributed by atoms with Gasteiger partial charge in [0.05, 0.1) is 5.02 Å². The van der Waals surface area contributed by atoms with Gasteiger partial charge in [0.2, 0.25) is 11.7 Å². The number of nitrogens with zero attached hydrogens (tertiary/aromatic N) is 3. The van der Waals surface area contributed by atoms with Crippen molar-refractivity contribution in [1.82, 2.24) is 14.4 Å². The first-order chi connectivity index (χ1) is 12.6. The Morgan fingerprint density at radius 2 is 1.92 bits per heavy atom. The zero-order chi connectivity index (χ0) is 18.1. The van der Waals surface area contributed by atoms with Crippen LogP contribution in [0.25, 0.3) is 11.4 Å². The van der Waals surface area contributed by atoms with E-state index in [2.05, 4.69) is 10.1 Å². The zero-order valence-electron chi connectivity index (χ0n) is 13.7. The Labute approximate surface area is 160 Å². The molecule has 0 spiro atoms. The Hall–Kier alpha value is -1.74. The third kappa shape index (κ3) is 3.29. The number of aromatic nitrogens is 2. The monoisotopic (exact) mass is 409 g/mol. The number of benzene rings is 1. The molecular formula is C17H16ClN3O3S2. The molecule has 1 fully saturated rings. The molecule has 0 N–H and O–H groups in total. The van der Waals surface area contributed by atoms with Crippen LogP contribution in [0.1, 0.15) is 24.7 Å². The topological polar surface area (TPSA) is 76.3 Å². The highest BCUT2D eigenvalue weighted by Gasteiger charge is 2.32. The molecule has 0 atom stereocenters.